The van der Waals surface area contributed by atoms with Gasteiger partial charge in [0.15, 0.2) is 6.29 Å². The molecule has 116 valence electrons. The molecule has 6 heteroatoms. The summed E-state index contributed by atoms with van der Waals surface area (Å²) >= 11 is 0. The molecule has 0 spiro atoms. The maximum Gasteiger partial charge on any atom is 0.183 e. The molecule has 21 heavy (non-hydrogen) atoms. The van der Waals surface area contributed by atoms with Crippen molar-refractivity contribution >= 4 is 5.78 Å². The van der Waals surface area contributed by atoms with Crippen LogP contribution in [0.1, 0.15) is 18.4 Å². The molecule has 0 radical (unpaired) electrons. The van der Waals surface area contributed by atoms with Crippen molar-refractivity contribution in [1.29, 1.82) is 0 Å². The molecule has 0 saturated carbocycles. The van der Waals surface area contributed by atoms with Crippen LogP contribution < -0.4 is 0 Å². The molecule has 1 heterocycles. The average Bonchev–Trinajstić information content (AvgIpc) is 2.48. The summed E-state index contributed by atoms with van der Waals surface area (Å²) in [6.07, 6.45) is -6.17. The van der Waals surface area contributed by atoms with Gasteiger partial charge >= 0.3 is 0 Å². The second-order valence-electron chi connectivity index (χ2n) is 5.28. The predicted octanol–water partition coefficient (Wildman–Crippen LogP) is -0.622. The first kappa shape index (κ1) is 16.1. The van der Waals surface area contributed by atoms with Crippen molar-refractivity contribution in [1.82, 2.24) is 0 Å². The van der Waals surface area contributed by atoms with Gasteiger partial charge in [0, 0.05) is 12.8 Å². The summed E-state index contributed by atoms with van der Waals surface area (Å²) < 4.78 is 5.03. The zero-order valence-electron chi connectivity index (χ0n) is 11.5. The minimum Gasteiger partial charge on any atom is -0.388 e. The van der Waals surface area contributed by atoms with Crippen LogP contribution in [-0.4, -0.2) is 56.9 Å². The highest BCUT2D eigenvalue weighted by molar-refractivity contribution is 5.80. The number of aliphatic hydroxyl groups excluding tert-OH is 4. The van der Waals surface area contributed by atoms with Crippen molar-refractivity contribution in [2.45, 2.75) is 50.0 Å². The second kappa shape index (κ2) is 7.11. The molecule has 5 unspecified atom stereocenters. The van der Waals surface area contributed by atoms with Gasteiger partial charge in [0.05, 0.1) is 6.10 Å². The number of carbonyl (C=O) groups is 1. The monoisotopic (exact) mass is 296 g/mol. The summed E-state index contributed by atoms with van der Waals surface area (Å²) in [5.41, 5.74) is 0.906. The maximum atomic E-state index is 11.9. The van der Waals surface area contributed by atoms with Gasteiger partial charge in [0.1, 0.15) is 24.1 Å². The van der Waals surface area contributed by atoms with Gasteiger partial charge in [-0.2, -0.15) is 0 Å². The standard InChI is InChI=1S/C15H20O6/c16-10(8-9-4-2-1-3-5-9)6-7-11-12(17)13(18)14(19)15(20)21-11/h1-5,11-15,17-20H,6-8H2. The van der Waals surface area contributed by atoms with E-state index in [0.717, 1.165) is 5.56 Å². The van der Waals surface area contributed by atoms with E-state index in [2.05, 4.69) is 0 Å². The molecule has 1 aliphatic heterocycles. The Kier molecular flexibility index (Phi) is 5.44. The fourth-order valence-corrected chi connectivity index (χ4v) is 2.38. The molecule has 5 atom stereocenters. The summed E-state index contributed by atoms with van der Waals surface area (Å²) in [5, 5.41) is 38.1. The molecule has 2 rings (SSSR count). The van der Waals surface area contributed by atoms with Gasteiger partial charge in [-0.05, 0) is 12.0 Å². The Morgan fingerprint density at radius 2 is 1.67 bits per heavy atom. The second-order valence-corrected chi connectivity index (χ2v) is 5.28. The molecule has 0 bridgehead atoms. The average molecular weight is 296 g/mol. The fourth-order valence-electron chi connectivity index (χ4n) is 2.38. The van der Waals surface area contributed by atoms with Gasteiger partial charge in [-0.15, -0.1) is 0 Å². The van der Waals surface area contributed by atoms with Crippen molar-refractivity contribution in [2.24, 2.45) is 0 Å². The van der Waals surface area contributed by atoms with Gasteiger partial charge in [-0.3, -0.25) is 4.79 Å². The molecule has 4 N–H and O–H groups in total. The SMILES string of the molecule is O=C(CCC1OC(O)C(O)C(O)C1O)Cc1ccccc1. The zero-order valence-corrected chi connectivity index (χ0v) is 11.5. The number of Topliss-reactive ketones (excluding diaryl/α,β-unsaturated/α-hetero) is 1. The molecule has 1 aromatic rings. The fraction of sp³-hybridized carbons (Fsp3) is 0.533. The molecule has 1 aromatic carbocycles. The summed E-state index contributed by atoms with van der Waals surface area (Å²) in [6.45, 7) is 0. The normalized spacial score (nSPS) is 32.9. The van der Waals surface area contributed by atoms with E-state index in [9.17, 15) is 25.2 Å². The third-order valence-corrected chi connectivity index (χ3v) is 3.64. The molecule has 1 fully saturated rings. The topological polar surface area (TPSA) is 107 Å². The molecular weight excluding hydrogens is 276 g/mol. The van der Waals surface area contributed by atoms with E-state index in [1.807, 2.05) is 30.3 Å². The van der Waals surface area contributed by atoms with E-state index in [4.69, 9.17) is 4.74 Å². The third kappa shape index (κ3) is 4.09. The minimum atomic E-state index is -1.56. The van der Waals surface area contributed by atoms with Gasteiger partial charge in [0.25, 0.3) is 0 Å². The van der Waals surface area contributed by atoms with E-state index in [-0.39, 0.29) is 25.0 Å². The summed E-state index contributed by atoms with van der Waals surface area (Å²) in [4.78, 5) is 11.9. The van der Waals surface area contributed by atoms with Crippen LogP contribution in [0, 0.1) is 0 Å². The number of carbonyl (C=O) groups excluding carboxylic acids is 1. The summed E-state index contributed by atoms with van der Waals surface area (Å²) in [5.74, 6) is -0.0212. The van der Waals surface area contributed by atoms with Gasteiger partial charge < -0.3 is 25.2 Å². The Morgan fingerprint density at radius 1 is 1.00 bits per heavy atom. The van der Waals surface area contributed by atoms with E-state index in [1.165, 1.54) is 0 Å². The Labute approximate surface area is 122 Å². The van der Waals surface area contributed by atoms with Crippen LogP contribution in [-0.2, 0) is 16.0 Å². The molecule has 0 aliphatic carbocycles. The van der Waals surface area contributed by atoms with E-state index < -0.39 is 30.7 Å². The first-order valence-electron chi connectivity index (χ1n) is 6.92. The Bertz CT molecular complexity index is 462. The lowest BCUT2D eigenvalue weighted by molar-refractivity contribution is -0.282. The predicted molar refractivity (Wildman–Crippen MR) is 73.3 cm³/mol. The lowest BCUT2D eigenvalue weighted by atomic mass is 9.94. The maximum absolute atomic E-state index is 11.9. The summed E-state index contributed by atoms with van der Waals surface area (Å²) in [7, 11) is 0. The van der Waals surface area contributed by atoms with E-state index in [0.29, 0.717) is 0 Å². The van der Waals surface area contributed by atoms with Gasteiger partial charge in [-0.1, -0.05) is 30.3 Å². The number of hydrogen-bond donors (Lipinski definition) is 4. The number of ketones is 1. The van der Waals surface area contributed by atoms with Crippen LogP contribution in [0.4, 0.5) is 0 Å². The molecule has 6 nitrogen and oxygen atoms in total. The highest BCUT2D eigenvalue weighted by Crippen LogP contribution is 2.23. The molecule has 0 aromatic heterocycles. The quantitative estimate of drug-likeness (QED) is 0.577. The van der Waals surface area contributed by atoms with Crippen molar-refractivity contribution in [3.05, 3.63) is 35.9 Å². The highest BCUT2D eigenvalue weighted by Gasteiger charge is 2.42. The van der Waals surface area contributed by atoms with Crippen molar-refractivity contribution in [2.75, 3.05) is 0 Å². The molecule has 1 saturated heterocycles. The van der Waals surface area contributed by atoms with Gasteiger partial charge in [0.2, 0.25) is 0 Å². The summed E-state index contributed by atoms with van der Waals surface area (Å²) in [6, 6.07) is 9.28. The largest absolute Gasteiger partial charge is 0.388 e. The van der Waals surface area contributed by atoms with Crippen molar-refractivity contribution in [3.8, 4) is 0 Å². The van der Waals surface area contributed by atoms with Crippen LogP contribution in [0.3, 0.4) is 0 Å². The first-order chi connectivity index (χ1) is 9.99. The third-order valence-electron chi connectivity index (χ3n) is 3.64. The van der Waals surface area contributed by atoms with E-state index in [1.54, 1.807) is 0 Å². The minimum absolute atomic E-state index is 0.0212. The Morgan fingerprint density at radius 3 is 2.33 bits per heavy atom. The van der Waals surface area contributed by atoms with Crippen LogP contribution in [0.25, 0.3) is 0 Å². The first-order valence-corrected chi connectivity index (χ1v) is 6.92. The molecule has 1 aliphatic rings. The van der Waals surface area contributed by atoms with Crippen LogP contribution in [0.5, 0.6) is 0 Å². The molecule has 0 amide bonds. The molecular formula is C15H20O6. The number of benzene rings is 1. The van der Waals surface area contributed by atoms with E-state index >= 15 is 0 Å². The lowest BCUT2D eigenvalue weighted by Crippen LogP contribution is -2.57. The number of aliphatic hydroxyl groups is 4. The number of rotatable bonds is 5. The number of hydrogen-bond acceptors (Lipinski definition) is 6. The number of ether oxygens (including phenoxy) is 1. The lowest BCUT2D eigenvalue weighted by Gasteiger charge is -2.38. The Hall–Kier alpha value is -1.31. The smallest absolute Gasteiger partial charge is 0.183 e. The van der Waals surface area contributed by atoms with Crippen LogP contribution >= 0.6 is 0 Å². The van der Waals surface area contributed by atoms with Gasteiger partial charge in [-0.25, -0.2) is 0 Å². The van der Waals surface area contributed by atoms with Crippen LogP contribution in [0.2, 0.25) is 0 Å². The Balaban J connectivity index is 1.83. The highest BCUT2D eigenvalue weighted by atomic mass is 16.6. The van der Waals surface area contributed by atoms with Crippen LogP contribution in [0.15, 0.2) is 30.3 Å². The van der Waals surface area contributed by atoms with Crippen molar-refractivity contribution < 1.29 is 30.0 Å². The zero-order chi connectivity index (χ0) is 15.4. The van der Waals surface area contributed by atoms with Crippen molar-refractivity contribution in [3.63, 3.8) is 0 Å².